The van der Waals surface area contributed by atoms with Crippen molar-refractivity contribution in [2.45, 2.75) is 6.10 Å². The predicted octanol–water partition coefficient (Wildman–Crippen LogP) is 4.16. The van der Waals surface area contributed by atoms with E-state index in [1.807, 2.05) is 65.5 Å². The number of rotatable bonds is 7. The zero-order valence-corrected chi connectivity index (χ0v) is 19.7. The number of nitrogens with zero attached hydrogens (tertiary/aromatic N) is 2. The molecule has 3 aromatic carbocycles. The molecule has 1 unspecified atom stereocenters. The summed E-state index contributed by atoms with van der Waals surface area (Å²) >= 11 is 0. The van der Waals surface area contributed by atoms with Crippen molar-refractivity contribution in [2.75, 3.05) is 36.5 Å². The van der Waals surface area contributed by atoms with Crippen LogP contribution in [0, 0.1) is 0 Å². The minimum atomic E-state index is -0.226. The number of carbonyl (C=O) groups excluding carboxylic acids is 2. The number of aromatic nitrogens is 1. The molecule has 1 aromatic heterocycles. The number of amides is 1. The lowest BCUT2D eigenvalue weighted by molar-refractivity contribution is 0.00357. The Kier molecular flexibility index (Phi) is 6.93. The van der Waals surface area contributed by atoms with E-state index in [-0.39, 0.29) is 24.4 Å². The number of hydrogen-bond acceptors (Lipinski definition) is 5. The van der Waals surface area contributed by atoms with Gasteiger partial charge in [0.25, 0.3) is 5.91 Å². The number of ether oxygens (including phenoxy) is 1. The van der Waals surface area contributed by atoms with Gasteiger partial charge in [0.05, 0.1) is 19.3 Å². The van der Waals surface area contributed by atoms with E-state index in [0.29, 0.717) is 35.5 Å². The summed E-state index contributed by atoms with van der Waals surface area (Å²) in [6.45, 7) is 1.90. The number of nitrogens with one attached hydrogen (secondary N) is 1. The molecule has 1 atom stereocenters. The SMILES string of the molecule is O=C(Nc1ccc(C(=O)c2ccc(-n3cccc3)cc2)cc1)c1ccc(N2CCOC(CO)C2)cc1. The number of carbonyl (C=O) groups is 2. The average Bonchev–Trinajstić information content (AvgIpc) is 3.48. The molecule has 0 bridgehead atoms. The fraction of sp³-hybridized carbons (Fsp3) is 0.172. The van der Waals surface area contributed by atoms with E-state index in [9.17, 15) is 14.7 Å². The van der Waals surface area contributed by atoms with Crippen LogP contribution in [0.25, 0.3) is 5.69 Å². The highest BCUT2D eigenvalue weighted by Crippen LogP contribution is 2.20. The van der Waals surface area contributed by atoms with Crippen LogP contribution >= 0.6 is 0 Å². The van der Waals surface area contributed by atoms with Gasteiger partial charge in [0.15, 0.2) is 5.78 Å². The number of ketones is 1. The third-order valence-electron chi connectivity index (χ3n) is 6.27. The number of aliphatic hydroxyl groups excluding tert-OH is 1. The Bertz CT molecular complexity index is 1310. The summed E-state index contributed by atoms with van der Waals surface area (Å²) in [5.41, 5.74) is 4.28. The average molecular weight is 482 g/mol. The van der Waals surface area contributed by atoms with Crippen molar-refractivity contribution in [3.8, 4) is 5.69 Å². The molecule has 7 heteroatoms. The van der Waals surface area contributed by atoms with Gasteiger partial charge in [-0.2, -0.15) is 0 Å². The summed E-state index contributed by atoms with van der Waals surface area (Å²) in [6.07, 6.45) is 3.71. The Morgan fingerprint density at radius 2 is 1.42 bits per heavy atom. The molecule has 182 valence electrons. The van der Waals surface area contributed by atoms with Gasteiger partial charge < -0.3 is 24.6 Å². The van der Waals surface area contributed by atoms with Gasteiger partial charge in [0.2, 0.25) is 0 Å². The van der Waals surface area contributed by atoms with Crippen LogP contribution in [-0.2, 0) is 4.74 Å². The smallest absolute Gasteiger partial charge is 0.255 e. The summed E-state index contributed by atoms with van der Waals surface area (Å²) in [6, 6.07) is 25.6. The summed E-state index contributed by atoms with van der Waals surface area (Å²) in [7, 11) is 0. The minimum Gasteiger partial charge on any atom is -0.394 e. The van der Waals surface area contributed by atoms with E-state index in [2.05, 4.69) is 10.2 Å². The molecular weight excluding hydrogens is 454 g/mol. The summed E-state index contributed by atoms with van der Waals surface area (Å²) in [5.74, 6) is -0.300. The lowest BCUT2D eigenvalue weighted by atomic mass is 10.0. The van der Waals surface area contributed by atoms with Crippen LogP contribution in [0.15, 0.2) is 97.3 Å². The molecule has 1 fully saturated rings. The number of aliphatic hydroxyl groups is 1. The quantitative estimate of drug-likeness (QED) is 0.388. The van der Waals surface area contributed by atoms with Crippen molar-refractivity contribution < 1.29 is 19.4 Å². The van der Waals surface area contributed by atoms with Crippen molar-refractivity contribution >= 4 is 23.1 Å². The number of benzene rings is 3. The number of hydrogen-bond donors (Lipinski definition) is 2. The second kappa shape index (κ2) is 10.6. The molecule has 36 heavy (non-hydrogen) atoms. The monoisotopic (exact) mass is 481 g/mol. The molecule has 2 heterocycles. The van der Waals surface area contributed by atoms with Gasteiger partial charge in [0, 0.05) is 59.2 Å². The van der Waals surface area contributed by atoms with E-state index in [1.54, 1.807) is 36.4 Å². The summed E-state index contributed by atoms with van der Waals surface area (Å²) < 4.78 is 7.48. The standard InChI is InChI=1S/C29H27N3O4/c33-20-27-19-32(17-18-36-27)26-13-7-23(8-14-26)29(35)30-24-9-3-21(4-10-24)28(34)22-5-11-25(12-6-22)31-15-1-2-16-31/h1-16,27,33H,17-20H2,(H,30,35). The summed E-state index contributed by atoms with van der Waals surface area (Å²) in [5, 5.41) is 12.2. The van der Waals surface area contributed by atoms with Gasteiger partial charge >= 0.3 is 0 Å². The number of anilines is 2. The van der Waals surface area contributed by atoms with Crippen molar-refractivity contribution in [3.63, 3.8) is 0 Å². The first-order chi connectivity index (χ1) is 17.6. The Labute approximate surface area is 209 Å². The van der Waals surface area contributed by atoms with Gasteiger partial charge in [-0.25, -0.2) is 0 Å². The molecular formula is C29H27N3O4. The third kappa shape index (κ3) is 5.22. The molecule has 4 aromatic rings. The van der Waals surface area contributed by atoms with Gasteiger partial charge in [-0.1, -0.05) is 0 Å². The van der Waals surface area contributed by atoms with E-state index >= 15 is 0 Å². The molecule has 0 saturated carbocycles. The van der Waals surface area contributed by atoms with Crippen LogP contribution in [0.3, 0.4) is 0 Å². The minimum absolute atomic E-state index is 0.0119. The molecule has 1 aliphatic rings. The highest BCUT2D eigenvalue weighted by molar-refractivity contribution is 6.09. The first-order valence-corrected chi connectivity index (χ1v) is 11.9. The van der Waals surface area contributed by atoms with Gasteiger partial charge in [-0.05, 0) is 84.9 Å². The van der Waals surface area contributed by atoms with Crippen LogP contribution in [0.1, 0.15) is 26.3 Å². The maximum Gasteiger partial charge on any atom is 0.255 e. The van der Waals surface area contributed by atoms with Gasteiger partial charge in [-0.15, -0.1) is 0 Å². The predicted molar refractivity (Wildman–Crippen MR) is 139 cm³/mol. The topological polar surface area (TPSA) is 83.8 Å². The molecule has 0 aliphatic carbocycles. The maximum absolute atomic E-state index is 12.9. The van der Waals surface area contributed by atoms with Crippen molar-refractivity contribution in [1.29, 1.82) is 0 Å². The van der Waals surface area contributed by atoms with Gasteiger partial charge in [-0.3, -0.25) is 9.59 Å². The zero-order chi connectivity index (χ0) is 24.9. The lowest BCUT2D eigenvalue weighted by Crippen LogP contribution is -2.44. The van der Waals surface area contributed by atoms with Gasteiger partial charge in [0.1, 0.15) is 0 Å². The molecule has 1 amide bonds. The third-order valence-corrected chi connectivity index (χ3v) is 6.27. The second-order valence-electron chi connectivity index (χ2n) is 8.67. The Morgan fingerprint density at radius 1 is 0.833 bits per heavy atom. The highest BCUT2D eigenvalue weighted by atomic mass is 16.5. The summed E-state index contributed by atoms with van der Waals surface area (Å²) in [4.78, 5) is 27.7. The Balaban J connectivity index is 1.20. The molecule has 5 rings (SSSR count). The largest absolute Gasteiger partial charge is 0.394 e. The number of morpholine rings is 1. The van der Waals surface area contributed by atoms with Crippen LogP contribution in [0.4, 0.5) is 11.4 Å². The highest BCUT2D eigenvalue weighted by Gasteiger charge is 2.20. The van der Waals surface area contributed by atoms with E-state index in [4.69, 9.17) is 4.74 Å². The van der Waals surface area contributed by atoms with Crippen LogP contribution in [0.2, 0.25) is 0 Å². The fourth-order valence-electron chi connectivity index (χ4n) is 4.25. The van der Waals surface area contributed by atoms with Crippen LogP contribution in [0.5, 0.6) is 0 Å². The van der Waals surface area contributed by atoms with Crippen LogP contribution < -0.4 is 10.2 Å². The van der Waals surface area contributed by atoms with Crippen molar-refractivity contribution in [3.05, 3.63) is 114 Å². The fourth-order valence-corrected chi connectivity index (χ4v) is 4.25. The van der Waals surface area contributed by atoms with E-state index < -0.39 is 0 Å². The first kappa shape index (κ1) is 23.5. The van der Waals surface area contributed by atoms with Crippen molar-refractivity contribution in [2.24, 2.45) is 0 Å². The lowest BCUT2D eigenvalue weighted by Gasteiger charge is -2.33. The normalized spacial score (nSPS) is 15.5. The Hall–Kier alpha value is -4.20. The zero-order valence-electron chi connectivity index (χ0n) is 19.7. The maximum atomic E-state index is 12.9. The van der Waals surface area contributed by atoms with E-state index in [0.717, 1.165) is 17.9 Å². The van der Waals surface area contributed by atoms with Crippen LogP contribution in [-0.4, -0.2) is 53.8 Å². The molecule has 1 aliphatic heterocycles. The molecule has 0 spiro atoms. The second-order valence-corrected chi connectivity index (χ2v) is 8.67. The molecule has 2 N–H and O–H groups in total. The first-order valence-electron chi connectivity index (χ1n) is 11.9. The molecule has 7 nitrogen and oxygen atoms in total. The molecule has 0 radical (unpaired) electrons. The van der Waals surface area contributed by atoms with Crippen molar-refractivity contribution in [1.82, 2.24) is 4.57 Å². The molecule has 1 saturated heterocycles. The van der Waals surface area contributed by atoms with E-state index in [1.165, 1.54) is 0 Å². The Morgan fingerprint density at radius 3 is 2.06 bits per heavy atom.